The third kappa shape index (κ3) is 3.35. The fraction of sp³-hybridized carbons (Fsp3) is 0.318. The van der Waals surface area contributed by atoms with Gasteiger partial charge in [-0.05, 0) is 42.3 Å². The fourth-order valence-electron chi connectivity index (χ4n) is 4.08. The van der Waals surface area contributed by atoms with Crippen molar-refractivity contribution in [2.24, 2.45) is 0 Å². The Labute approximate surface area is 166 Å². The molecule has 0 N–H and O–H groups in total. The Kier molecular flexibility index (Phi) is 4.08. The summed E-state index contributed by atoms with van der Waals surface area (Å²) in [5, 5.41) is 0.471. The maximum atomic E-state index is 13.8. The predicted octanol–water partition coefficient (Wildman–Crippen LogP) is 2.06. The van der Waals surface area contributed by atoms with Gasteiger partial charge < -0.3 is 0 Å². The molecule has 144 valence electrons. The molecule has 3 aromatic rings. The smallest absolute Gasteiger partial charge is 0.262 e. The van der Waals surface area contributed by atoms with Crippen LogP contribution in [0.1, 0.15) is 23.5 Å². The summed E-state index contributed by atoms with van der Waals surface area (Å²) in [6, 6.07) is 11.1. The van der Waals surface area contributed by atoms with Crippen molar-refractivity contribution < 1.29 is 8.78 Å². The number of hydrogen-bond acceptors (Lipinski definition) is 4. The number of fused-ring (bicyclic) bond motifs is 3. The number of nitrogens with zero attached hydrogens (tertiary/aromatic N) is 4. The standard InChI is InChI=1S/C22H16F2N4O/c23-22(24)12-17-13-28-20(8-10-27(17)14-22)26-19-11-15(5-7-18(19)21(28)29)4-6-16-3-1-2-9-25-16/h1,3,5,7,11,17H,8,10,12-14H2. The molecule has 1 aromatic carbocycles. The van der Waals surface area contributed by atoms with Crippen LogP contribution in [0, 0.1) is 24.1 Å². The Morgan fingerprint density at radius 3 is 2.97 bits per heavy atom. The first kappa shape index (κ1) is 17.8. The van der Waals surface area contributed by atoms with Gasteiger partial charge in [-0.15, -0.1) is 0 Å². The van der Waals surface area contributed by atoms with Gasteiger partial charge in [-0.3, -0.25) is 14.3 Å². The Balaban J connectivity index is 1.52. The topological polar surface area (TPSA) is 51.0 Å². The maximum absolute atomic E-state index is 13.8. The van der Waals surface area contributed by atoms with Crippen molar-refractivity contribution in [3.8, 4) is 11.8 Å². The fourth-order valence-corrected chi connectivity index (χ4v) is 4.08. The molecule has 29 heavy (non-hydrogen) atoms. The van der Waals surface area contributed by atoms with E-state index in [-0.39, 0.29) is 31.1 Å². The van der Waals surface area contributed by atoms with Gasteiger partial charge in [-0.25, -0.2) is 13.8 Å². The summed E-state index contributed by atoms with van der Waals surface area (Å²) >= 11 is 0. The van der Waals surface area contributed by atoms with Crippen molar-refractivity contribution in [3.05, 3.63) is 70.0 Å². The van der Waals surface area contributed by atoms with Crippen molar-refractivity contribution in [2.45, 2.75) is 31.4 Å². The van der Waals surface area contributed by atoms with E-state index in [4.69, 9.17) is 0 Å². The zero-order chi connectivity index (χ0) is 20.0. The molecule has 0 spiro atoms. The molecule has 0 bridgehead atoms. The van der Waals surface area contributed by atoms with E-state index in [1.54, 1.807) is 39.8 Å². The predicted molar refractivity (Wildman–Crippen MR) is 103 cm³/mol. The average Bonchev–Trinajstić information content (AvgIpc) is 2.91. The first-order valence-corrected chi connectivity index (χ1v) is 9.41. The number of hydrogen-bond donors (Lipinski definition) is 0. The largest absolute Gasteiger partial charge is 0.294 e. The Morgan fingerprint density at radius 2 is 2.14 bits per heavy atom. The number of benzene rings is 1. The highest BCUT2D eigenvalue weighted by Gasteiger charge is 2.45. The van der Waals surface area contributed by atoms with E-state index in [9.17, 15) is 13.6 Å². The summed E-state index contributed by atoms with van der Waals surface area (Å²) in [6.45, 7) is 0.481. The van der Waals surface area contributed by atoms with Crippen LogP contribution in [0.5, 0.6) is 0 Å². The lowest BCUT2D eigenvalue weighted by molar-refractivity contribution is 0.0118. The monoisotopic (exact) mass is 390 g/mol. The van der Waals surface area contributed by atoms with E-state index in [1.807, 2.05) is 0 Å². The summed E-state index contributed by atoms with van der Waals surface area (Å²) in [6.07, 6.45) is 2.86. The summed E-state index contributed by atoms with van der Waals surface area (Å²) < 4.78 is 29.1. The number of alkyl halides is 2. The van der Waals surface area contributed by atoms with Crippen molar-refractivity contribution in [1.29, 1.82) is 0 Å². The third-order valence-electron chi connectivity index (χ3n) is 5.44. The van der Waals surface area contributed by atoms with Crippen LogP contribution in [0.3, 0.4) is 0 Å². The van der Waals surface area contributed by atoms with Gasteiger partial charge in [0.2, 0.25) is 0 Å². The second-order valence-electron chi connectivity index (χ2n) is 7.45. The number of aromatic nitrogens is 3. The minimum Gasteiger partial charge on any atom is -0.294 e. The van der Waals surface area contributed by atoms with E-state index >= 15 is 0 Å². The molecule has 1 unspecified atom stereocenters. The van der Waals surface area contributed by atoms with E-state index in [0.29, 0.717) is 35.4 Å². The first-order chi connectivity index (χ1) is 14.0. The lowest BCUT2D eigenvalue weighted by Crippen LogP contribution is -2.34. The van der Waals surface area contributed by atoms with E-state index in [1.165, 1.54) is 0 Å². The summed E-state index contributed by atoms with van der Waals surface area (Å²) in [7, 11) is 0. The lowest BCUT2D eigenvalue weighted by Gasteiger charge is -2.19. The second-order valence-corrected chi connectivity index (χ2v) is 7.45. The van der Waals surface area contributed by atoms with Gasteiger partial charge in [0.25, 0.3) is 11.5 Å². The van der Waals surface area contributed by atoms with Gasteiger partial charge in [0.05, 0.1) is 17.4 Å². The van der Waals surface area contributed by atoms with Crippen LogP contribution in [0.25, 0.3) is 10.9 Å². The summed E-state index contributed by atoms with van der Waals surface area (Å²) in [5.41, 5.74) is 1.69. The second kappa shape index (κ2) is 6.65. The van der Waals surface area contributed by atoms with Crippen LogP contribution in [-0.2, 0) is 13.0 Å². The molecule has 1 atom stereocenters. The summed E-state index contributed by atoms with van der Waals surface area (Å²) in [5.74, 6) is 3.92. The number of rotatable bonds is 0. The zero-order valence-electron chi connectivity index (χ0n) is 15.5. The molecule has 0 radical (unpaired) electrons. The van der Waals surface area contributed by atoms with Crippen molar-refractivity contribution in [2.75, 3.05) is 13.1 Å². The van der Waals surface area contributed by atoms with E-state index in [0.717, 1.165) is 5.56 Å². The first-order valence-electron chi connectivity index (χ1n) is 9.41. The van der Waals surface area contributed by atoms with Crippen molar-refractivity contribution >= 4 is 10.9 Å². The van der Waals surface area contributed by atoms with Crippen molar-refractivity contribution in [1.82, 2.24) is 19.4 Å². The minimum absolute atomic E-state index is 0.184. The van der Waals surface area contributed by atoms with E-state index in [2.05, 4.69) is 34.1 Å². The van der Waals surface area contributed by atoms with Crippen LogP contribution in [0.2, 0.25) is 0 Å². The summed E-state index contributed by atoms with van der Waals surface area (Å²) in [4.78, 5) is 23.5. The highest BCUT2D eigenvalue weighted by molar-refractivity contribution is 5.79. The molecule has 2 aliphatic rings. The molecule has 0 aliphatic carbocycles. The molecule has 5 nitrogen and oxygen atoms in total. The van der Waals surface area contributed by atoms with Gasteiger partial charge in [-0.2, -0.15) is 4.98 Å². The van der Waals surface area contributed by atoms with Crippen LogP contribution >= 0.6 is 0 Å². The van der Waals surface area contributed by atoms with Crippen LogP contribution in [0.4, 0.5) is 8.78 Å². The van der Waals surface area contributed by atoms with Gasteiger partial charge in [-0.1, -0.05) is 5.92 Å². The van der Waals surface area contributed by atoms with Gasteiger partial charge in [0.15, 0.2) is 0 Å². The quantitative estimate of drug-likeness (QED) is 0.552. The van der Waals surface area contributed by atoms with Gasteiger partial charge in [0, 0.05) is 43.7 Å². The molecular formula is C22H16F2N4O. The molecule has 4 heterocycles. The van der Waals surface area contributed by atoms with Crippen molar-refractivity contribution in [3.63, 3.8) is 0 Å². The zero-order valence-corrected chi connectivity index (χ0v) is 15.5. The molecular weight excluding hydrogens is 374 g/mol. The SMILES string of the molecule is O=c1c2ccc(C#Cc3ccc#cn3)cc2nc2n1CC1CC(F)(F)CN1CC2. The highest BCUT2D eigenvalue weighted by atomic mass is 19.3. The maximum Gasteiger partial charge on any atom is 0.262 e. The van der Waals surface area contributed by atoms with Gasteiger partial charge in [0.1, 0.15) is 11.5 Å². The van der Waals surface area contributed by atoms with Crippen LogP contribution in [-0.4, -0.2) is 44.5 Å². The number of halogens is 2. The Hall–Kier alpha value is -3.29. The molecule has 2 aliphatic heterocycles. The van der Waals surface area contributed by atoms with Gasteiger partial charge >= 0.3 is 0 Å². The van der Waals surface area contributed by atoms with E-state index < -0.39 is 5.92 Å². The molecule has 5 rings (SSSR count). The lowest BCUT2D eigenvalue weighted by atomic mass is 10.1. The third-order valence-corrected chi connectivity index (χ3v) is 5.44. The molecule has 7 heteroatoms. The molecule has 0 saturated carbocycles. The minimum atomic E-state index is -2.69. The molecule has 1 saturated heterocycles. The molecule has 0 amide bonds. The average molecular weight is 390 g/mol. The van der Waals surface area contributed by atoms with Crippen LogP contribution < -0.4 is 5.56 Å². The molecule has 1 fully saturated rings. The Morgan fingerprint density at radius 1 is 1.24 bits per heavy atom. The molecule has 2 aromatic heterocycles. The normalized spacial score (nSPS) is 20.1. The Bertz CT molecular complexity index is 1210. The van der Waals surface area contributed by atoms with Crippen LogP contribution in [0.15, 0.2) is 35.1 Å². The highest BCUT2D eigenvalue weighted by Crippen LogP contribution is 2.33.